The summed E-state index contributed by atoms with van der Waals surface area (Å²) in [7, 11) is 1.96. The molecular formula is C20H20N4O2. The van der Waals surface area contributed by atoms with Gasteiger partial charge in [-0.15, -0.1) is 0 Å². The third kappa shape index (κ3) is 2.79. The minimum Gasteiger partial charge on any atom is -0.465 e. The molecule has 0 saturated carbocycles. The molecule has 0 spiro atoms. The molecule has 6 heteroatoms. The maximum Gasteiger partial charge on any atom is 0.253 e. The van der Waals surface area contributed by atoms with Gasteiger partial charge in [-0.2, -0.15) is 0 Å². The molecule has 1 N–H and O–H groups in total. The third-order valence-electron chi connectivity index (χ3n) is 4.51. The van der Waals surface area contributed by atoms with Crippen molar-refractivity contribution in [2.24, 2.45) is 7.05 Å². The average Bonchev–Trinajstić information content (AvgIpc) is 3.31. The molecule has 26 heavy (non-hydrogen) atoms. The molecule has 0 atom stereocenters. The molecule has 0 saturated heterocycles. The fourth-order valence-electron chi connectivity index (χ4n) is 3.06. The molecule has 0 fully saturated rings. The molecule has 0 bridgehead atoms. The Bertz CT molecular complexity index is 1080. The van der Waals surface area contributed by atoms with Gasteiger partial charge in [-0.3, -0.25) is 4.79 Å². The van der Waals surface area contributed by atoms with E-state index in [0.29, 0.717) is 12.1 Å². The number of carbonyl (C=O) groups excluding carboxylic acids is 1. The first-order valence-corrected chi connectivity index (χ1v) is 8.47. The monoisotopic (exact) mass is 348 g/mol. The van der Waals surface area contributed by atoms with Crippen molar-refractivity contribution in [2.45, 2.75) is 20.4 Å². The maximum absolute atomic E-state index is 12.8. The van der Waals surface area contributed by atoms with Crippen molar-refractivity contribution in [3.8, 4) is 11.4 Å². The number of fused-ring (bicyclic) bond motifs is 1. The molecule has 132 valence electrons. The van der Waals surface area contributed by atoms with E-state index >= 15 is 0 Å². The number of imidazole rings is 1. The predicted octanol–water partition coefficient (Wildman–Crippen LogP) is 3.48. The van der Waals surface area contributed by atoms with Gasteiger partial charge >= 0.3 is 0 Å². The van der Waals surface area contributed by atoms with Crippen LogP contribution in [0.4, 0.5) is 0 Å². The van der Waals surface area contributed by atoms with Gasteiger partial charge in [0.15, 0.2) is 0 Å². The quantitative estimate of drug-likeness (QED) is 0.614. The molecule has 0 aromatic carbocycles. The largest absolute Gasteiger partial charge is 0.465 e. The van der Waals surface area contributed by atoms with E-state index in [0.717, 1.165) is 34.2 Å². The maximum atomic E-state index is 12.8. The topological polar surface area (TPSA) is 64.5 Å². The van der Waals surface area contributed by atoms with Gasteiger partial charge in [0.2, 0.25) is 0 Å². The highest BCUT2D eigenvalue weighted by molar-refractivity contribution is 6.02. The van der Waals surface area contributed by atoms with Crippen molar-refractivity contribution in [1.82, 2.24) is 19.3 Å². The average molecular weight is 348 g/mol. The smallest absolute Gasteiger partial charge is 0.253 e. The highest BCUT2D eigenvalue weighted by Crippen LogP contribution is 2.25. The summed E-state index contributed by atoms with van der Waals surface area (Å²) in [5, 5.41) is 2.93. The number of pyridine rings is 1. The zero-order chi connectivity index (χ0) is 18.3. The van der Waals surface area contributed by atoms with Crippen LogP contribution in [0.3, 0.4) is 0 Å². The van der Waals surface area contributed by atoms with Crippen LogP contribution in [0.2, 0.25) is 0 Å². The Balaban J connectivity index is 1.69. The van der Waals surface area contributed by atoms with Crippen LogP contribution in [0, 0.1) is 13.8 Å². The van der Waals surface area contributed by atoms with E-state index < -0.39 is 0 Å². The number of hydrogen-bond donors (Lipinski definition) is 1. The van der Waals surface area contributed by atoms with E-state index in [2.05, 4.69) is 10.3 Å². The number of amides is 1. The van der Waals surface area contributed by atoms with Gasteiger partial charge in [0.25, 0.3) is 5.91 Å². The Morgan fingerprint density at radius 2 is 2.08 bits per heavy atom. The second-order valence-electron chi connectivity index (χ2n) is 6.38. The molecule has 6 nitrogen and oxygen atoms in total. The zero-order valence-electron chi connectivity index (χ0n) is 15.0. The van der Waals surface area contributed by atoms with Crippen LogP contribution in [0.25, 0.3) is 16.9 Å². The lowest BCUT2D eigenvalue weighted by molar-refractivity contribution is 0.0949. The zero-order valence-corrected chi connectivity index (χ0v) is 15.0. The Morgan fingerprint density at radius 3 is 2.77 bits per heavy atom. The van der Waals surface area contributed by atoms with Gasteiger partial charge < -0.3 is 18.7 Å². The predicted molar refractivity (Wildman–Crippen MR) is 99.0 cm³/mol. The number of aryl methyl sites for hydroxylation is 3. The molecule has 4 aromatic heterocycles. The van der Waals surface area contributed by atoms with Crippen LogP contribution in [-0.2, 0) is 13.6 Å². The number of hydrogen-bond acceptors (Lipinski definition) is 3. The molecule has 1 amide bonds. The summed E-state index contributed by atoms with van der Waals surface area (Å²) >= 11 is 0. The van der Waals surface area contributed by atoms with Gasteiger partial charge in [-0.05, 0) is 44.2 Å². The third-order valence-corrected chi connectivity index (χ3v) is 4.51. The molecule has 0 radical (unpaired) electrons. The molecule has 0 aliphatic carbocycles. The van der Waals surface area contributed by atoms with Gasteiger partial charge in [0.1, 0.15) is 23.0 Å². The lowest BCUT2D eigenvalue weighted by atomic mass is 10.2. The lowest BCUT2D eigenvalue weighted by Crippen LogP contribution is -2.22. The van der Waals surface area contributed by atoms with Crippen molar-refractivity contribution >= 4 is 11.4 Å². The molecule has 0 unspecified atom stereocenters. The summed E-state index contributed by atoms with van der Waals surface area (Å²) in [6, 6.07) is 11.5. The Kier molecular flexibility index (Phi) is 3.88. The van der Waals surface area contributed by atoms with Gasteiger partial charge in [0, 0.05) is 19.4 Å². The second-order valence-corrected chi connectivity index (χ2v) is 6.38. The molecule has 4 rings (SSSR count). The minimum atomic E-state index is -0.137. The number of carbonyl (C=O) groups is 1. The first-order chi connectivity index (χ1) is 12.5. The van der Waals surface area contributed by atoms with Gasteiger partial charge in [-0.25, -0.2) is 4.98 Å². The fourth-order valence-corrected chi connectivity index (χ4v) is 3.06. The first-order valence-electron chi connectivity index (χ1n) is 8.47. The van der Waals surface area contributed by atoms with E-state index in [9.17, 15) is 4.79 Å². The Labute approximate surface area is 151 Å². The van der Waals surface area contributed by atoms with Crippen molar-refractivity contribution < 1.29 is 9.21 Å². The summed E-state index contributed by atoms with van der Waals surface area (Å²) in [5.74, 6) is 2.35. The lowest BCUT2D eigenvalue weighted by Gasteiger charge is -2.02. The van der Waals surface area contributed by atoms with Crippen LogP contribution in [0.5, 0.6) is 0 Å². The molecule has 4 aromatic rings. The molecule has 0 aliphatic heterocycles. The van der Waals surface area contributed by atoms with E-state index in [1.807, 2.05) is 78.7 Å². The number of aromatic nitrogens is 3. The van der Waals surface area contributed by atoms with Gasteiger partial charge in [0.05, 0.1) is 23.3 Å². The highest BCUT2D eigenvalue weighted by atomic mass is 16.3. The van der Waals surface area contributed by atoms with Crippen LogP contribution in [-0.4, -0.2) is 19.9 Å². The first kappa shape index (κ1) is 16.2. The van der Waals surface area contributed by atoms with Crippen LogP contribution < -0.4 is 5.32 Å². The summed E-state index contributed by atoms with van der Waals surface area (Å²) in [4.78, 5) is 17.4. The summed E-state index contributed by atoms with van der Waals surface area (Å²) in [5.41, 5.74) is 3.20. The number of nitrogens with one attached hydrogen (secondary N) is 1. The number of nitrogens with zero attached hydrogens (tertiary/aromatic N) is 3. The summed E-state index contributed by atoms with van der Waals surface area (Å²) in [6.07, 6.45) is 3.92. The molecular weight excluding hydrogens is 328 g/mol. The van der Waals surface area contributed by atoms with E-state index in [1.165, 1.54) is 0 Å². The normalized spacial score (nSPS) is 11.2. The van der Waals surface area contributed by atoms with E-state index in [-0.39, 0.29) is 5.91 Å². The molecule has 0 aliphatic rings. The number of rotatable bonds is 4. The van der Waals surface area contributed by atoms with E-state index in [4.69, 9.17) is 4.42 Å². The van der Waals surface area contributed by atoms with E-state index in [1.54, 1.807) is 0 Å². The minimum absolute atomic E-state index is 0.137. The van der Waals surface area contributed by atoms with Crippen molar-refractivity contribution in [1.29, 1.82) is 0 Å². The summed E-state index contributed by atoms with van der Waals surface area (Å²) in [6.45, 7) is 4.20. The van der Waals surface area contributed by atoms with Crippen molar-refractivity contribution in [3.05, 3.63) is 71.7 Å². The van der Waals surface area contributed by atoms with Gasteiger partial charge in [-0.1, -0.05) is 6.07 Å². The Hall–Kier alpha value is -3.28. The second kappa shape index (κ2) is 6.22. The van der Waals surface area contributed by atoms with Crippen LogP contribution in [0.1, 0.15) is 27.7 Å². The Morgan fingerprint density at radius 1 is 1.23 bits per heavy atom. The fraction of sp³-hybridized carbons (Fsp3) is 0.200. The highest BCUT2D eigenvalue weighted by Gasteiger charge is 2.18. The number of furan rings is 1. The summed E-state index contributed by atoms with van der Waals surface area (Å²) < 4.78 is 9.48. The van der Waals surface area contributed by atoms with Crippen molar-refractivity contribution in [3.63, 3.8) is 0 Å². The van der Waals surface area contributed by atoms with Crippen molar-refractivity contribution in [2.75, 3.05) is 0 Å². The standard InChI is InChI=1S/C20H20N4O2/c1-13-7-8-15(26-13)11-21-20(25)16-10-19(17-12-23(3)14(2)22-17)24-9-5-4-6-18(16)24/h4-10,12H,11H2,1-3H3,(H,21,25). The SMILES string of the molecule is Cc1ccc(CNC(=O)c2cc(-c3cn(C)c(C)n3)n3ccccc23)o1. The van der Waals surface area contributed by atoms with Crippen LogP contribution in [0.15, 0.2) is 53.2 Å². The molecule has 4 heterocycles. The van der Waals surface area contributed by atoms with Crippen LogP contribution >= 0.6 is 0 Å².